The molecule has 0 spiro atoms. The van der Waals surface area contributed by atoms with Gasteiger partial charge in [-0.1, -0.05) is 23.8 Å². The SMILES string of the molecule is Cc1ccc(-c2nc3cc(C)cc(C)c3o2)c(C)c1. The minimum absolute atomic E-state index is 0.709. The third kappa shape index (κ3) is 2.03. The van der Waals surface area contributed by atoms with E-state index in [0.29, 0.717) is 5.89 Å². The molecular formula is C17H17NO. The first-order valence-electron chi connectivity index (χ1n) is 6.50. The summed E-state index contributed by atoms with van der Waals surface area (Å²) in [5.41, 5.74) is 7.70. The predicted octanol–water partition coefficient (Wildman–Crippen LogP) is 4.73. The number of nitrogens with zero attached hydrogens (tertiary/aromatic N) is 1. The molecule has 1 heterocycles. The van der Waals surface area contributed by atoms with Crippen molar-refractivity contribution in [3.8, 4) is 11.5 Å². The van der Waals surface area contributed by atoms with Gasteiger partial charge >= 0.3 is 0 Å². The van der Waals surface area contributed by atoms with Gasteiger partial charge in [0.15, 0.2) is 5.58 Å². The molecule has 0 N–H and O–H groups in total. The normalized spacial score (nSPS) is 11.2. The van der Waals surface area contributed by atoms with Gasteiger partial charge < -0.3 is 4.42 Å². The number of hydrogen-bond acceptors (Lipinski definition) is 2. The molecular weight excluding hydrogens is 234 g/mol. The van der Waals surface area contributed by atoms with Gasteiger partial charge in [0.2, 0.25) is 5.89 Å². The molecule has 0 saturated carbocycles. The minimum Gasteiger partial charge on any atom is -0.436 e. The molecule has 2 heteroatoms. The Morgan fingerprint density at radius 1 is 0.842 bits per heavy atom. The summed E-state index contributed by atoms with van der Waals surface area (Å²) in [4.78, 5) is 4.63. The number of oxazole rings is 1. The molecule has 0 fully saturated rings. The Bertz CT molecular complexity index is 768. The fourth-order valence-corrected chi connectivity index (χ4v) is 2.55. The second kappa shape index (κ2) is 4.23. The predicted molar refractivity (Wildman–Crippen MR) is 78.4 cm³/mol. The van der Waals surface area contributed by atoms with Crippen LogP contribution >= 0.6 is 0 Å². The highest BCUT2D eigenvalue weighted by molar-refractivity contribution is 5.80. The topological polar surface area (TPSA) is 26.0 Å². The lowest BCUT2D eigenvalue weighted by atomic mass is 10.1. The van der Waals surface area contributed by atoms with Crippen LogP contribution < -0.4 is 0 Å². The number of fused-ring (bicyclic) bond motifs is 1. The number of rotatable bonds is 1. The Morgan fingerprint density at radius 3 is 2.32 bits per heavy atom. The smallest absolute Gasteiger partial charge is 0.227 e. The summed E-state index contributed by atoms with van der Waals surface area (Å²) >= 11 is 0. The van der Waals surface area contributed by atoms with E-state index in [4.69, 9.17) is 4.42 Å². The summed E-state index contributed by atoms with van der Waals surface area (Å²) in [6.07, 6.45) is 0. The van der Waals surface area contributed by atoms with E-state index in [1.165, 1.54) is 16.7 Å². The lowest BCUT2D eigenvalue weighted by molar-refractivity contribution is 0.617. The van der Waals surface area contributed by atoms with Gasteiger partial charge in [-0.2, -0.15) is 0 Å². The minimum atomic E-state index is 0.709. The lowest BCUT2D eigenvalue weighted by Gasteiger charge is -2.02. The first-order chi connectivity index (χ1) is 9.04. The molecule has 0 bridgehead atoms. The average molecular weight is 251 g/mol. The molecule has 2 aromatic carbocycles. The number of aromatic nitrogens is 1. The van der Waals surface area contributed by atoms with Gasteiger partial charge in [-0.25, -0.2) is 4.98 Å². The molecule has 0 radical (unpaired) electrons. The van der Waals surface area contributed by atoms with Crippen LogP contribution in [-0.2, 0) is 0 Å². The highest BCUT2D eigenvalue weighted by atomic mass is 16.3. The van der Waals surface area contributed by atoms with Crippen LogP contribution in [-0.4, -0.2) is 4.98 Å². The van der Waals surface area contributed by atoms with E-state index < -0.39 is 0 Å². The summed E-state index contributed by atoms with van der Waals surface area (Å²) < 4.78 is 5.95. The molecule has 0 saturated heterocycles. The van der Waals surface area contributed by atoms with E-state index in [-0.39, 0.29) is 0 Å². The van der Waals surface area contributed by atoms with Gasteiger partial charge in [0.1, 0.15) is 5.52 Å². The van der Waals surface area contributed by atoms with Crippen LogP contribution in [0.2, 0.25) is 0 Å². The van der Waals surface area contributed by atoms with Crippen LogP contribution in [0.3, 0.4) is 0 Å². The van der Waals surface area contributed by atoms with Crippen LogP contribution in [0.1, 0.15) is 22.3 Å². The molecule has 0 aliphatic heterocycles. The second-order valence-electron chi connectivity index (χ2n) is 5.27. The van der Waals surface area contributed by atoms with Crippen molar-refractivity contribution >= 4 is 11.1 Å². The summed E-state index contributed by atoms with van der Waals surface area (Å²) in [7, 11) is 0. The second-order valence-corrected chi connectivity index (χ2v) is 5.27. The van der Waals surface area contributed by atoms with E-state index >= 15 is 0 Å². The zero-order chi connectivity index (χ0) is 13.6. The fraction of sp³-hybridized carbons (Fsp3) is 0.235. The van der Waals surface area contributed by atoms with E-state index in [9.17, 15) is 0 Å². The van der Waals surface area contributed by atoms with Crippen molar-refractivity contribution in [1.29, 1.82) is 0 Å². The van der Waals surface area contributed by atoms with Crippen LogP contribution in [0.25, 0.3) is 22.6 Å². The van der Waals surface area contributed by atoms with E-state index in [2.05, 4.69) is 63.0 Å². The Morgan fingerprint density at radius 2 is 1.58 bits per heavy atom. The number of aryl methyl sites for hydroxylation is 4. The van der Waals surface area contributed by atoms with Crippen LogP contribution in [0.15, 0.2) is 34.7 Å². The number of benzene rings is 2. The quantitative estimate of drug-likeness (QED) is 0.625. The van der Waals surface area contributed by atoms with Gasteiger partial charge in [0.25, 0.3) is 0 Å². The van der Waals surface area contributed by atoms with Gasteiger partial charge in [-0.15, -0.1) is 0 Å². The van der Waals surface area contributed by atoms with Gasteiger partial charge in [-0.3, -0.25) is 0 Å². The van der Waals surface area contributed by atoms with Crippen molar-refractivity contribution in [2.45, 2.75) is 27.7 Å². The summed E-state index contributed by atoms with van der Waals surface area (Å²) in [5, 5.41) is 0. The molecule has 0 amide bonds. The number of hydrogen-bond donors (Lipinski definition) is 0. The molecule has 96 valence electrons. The molecule has 0 atom stereocenters. The van der Waals surface area contributed by atoms with Gasteiger partial charge in [-0.05, 0) is 56.5 Å². The maximum absolute atomic E-state index is 5.95. The van der Waals surface area contributed by atoms with Gasteiger partial charge in [0.05, 0.1) is 0 Å². The third-order valence-corrected chi connectivity index (χ3v) is 3.43. The molecule has 19 heavy (non-hydrogen) atoms. The van der Waals surface area contributed by atoms with E-state index in [1.807, 2.05) is 0 Å². The average Bonchev–Trinajstić information content (AvgIpc) is 2.72. The maximum atomic E-state index is 5.95. The van der Waals surface area contributed by atoms with Crippen molar-refractivity contribution in [2.24, 2.45) is 0 Å². The Labute approximate surface area is 113 Å². The standard InChI is InChI=1S/C17H17NO/c1-10-5-6-14(12(3)7-10)17-18-15-9-11(2)8-13(4)16(15)19-17/h5-9H,1-4H3. The highest BCUT2D eigenvalue weighted by Crippen LogP contribution is 2.29. The summed E-state index contributed by atoms with van der Waals surface area (Å²) in [5.74, 6) is 0.709. The molecule has 3 aromatic rings. The van der Waals surface area contributed by atoms with Crippen LogP contribution in [0.5, 0.6) is 0 Å². The molecule has 0 unspecified atom stereocenters. The maximum Gasteiger partial charge on any atom is 0.227 e. The van der Waals surface area contributed by atoms with E-state index in [0.717, 1.165) is 22.2 Å². The summed E-state index contributed by atoms with van der Waals surface area (Å²) in [6, 6.07) is 10.5. The van der Waals surface area contributed by atoms with Crippen molar-refractivity contribution in [3.05, 3.63) is 52.6 Å². The monoisotopic (exact) mass is 251 g/mol. The zero-order valence-corrected chi connectivity index (χ0v) is 11.7. The molecule has 2 nitrogen and oxygen atoms in total. The molecule has 0 aliphatic rings. The van der Waals surface area contributed by atoms with Crippen molar-refractivity contribution in [2.75, 3.05) is 0 Å². The lowest BCUT2D eigenvalue weighted by Crippen LogP contribution is -1.84. The Kier molecular flexibility index (Phi) is 2.67. The fourth-order valence-electron chi connectivity index (χ4n) is 2.55. The highest BCUT2D eigenvalue weighted by Gasteiger charge is 2.12. The first kappa shape index (κ1) is 12.0. The van der Waals surface area contributed by atoms with Crippen LogP contribution in [0.4, 0.5) is 0 Å². The molecule has 1 aromatic heterocycles. The van der Waals surface area contributed by atoms with Gasteiger partial charge in [0, 0.05) is 5.56 Å². The van der Waals surface area contributed by atoms with Crippen molar-refractivity contribution in [3.63, 3.8) is 0 Å². The third-order valence-electron chi connectivity index (χ3n) is 3.43. The first-order valence-corrected chi connectivity index (χ1v) is 6.50. The van der Waals surface area contributed by atoms with Crippen molar-refractivity contribution in [1.82, 2.24) is 4.98 Å². The molecule has 0 aliphatic carbocycles. The van der Waals surface area contributed by atoms with Crippen LogP contribution in [0, 0.1) is 27.7 Å². The van der Waals surface area contributed by atoms with Crippen molar-refractivity contribution < 1.29 is 4.42 Å². The largest absolute Gasteiger partial charge is 0.436 e. The summed E-state index contributed by atoms with van der Waals surface area (Å²) in [6.45, 7) is 8.33. The Balaban J connectivity index is 2.23. The Hall–Kier alpha value is -2.09. The van der Waals surface area contributed by atoms with E-state index in [1.54, 1.807) is 0 Å². The molecule has 3 rings (SSSR count). The zero-order valence-electron chi connectivity index (χ0n) is 11.7.